The number of benzene rings is 1. The topological polar surface area (TPSA) is 58.4 Å². The number of amides is 1. The number of hydrogen-bond acceptors (Lipinski definition) is 3. The third-order valence-electron chi connectivity index (χ3n) is 3.56. The summed E-state index contributed by atoms with van der Waals surface area (Å²) in [5.41, 5.74) is 6.94. The third kappa shape index (κ3) is 6.17. The highest BCUT2D eigenvalue weighted by atomic mass is 16.1. The van der Waals surface area contributed by atoms with Gasteiger partial charge in [0.05, 0.1) is 0 Å². The maximum atomic E-state index is 10.9. The summed E-state index contributed by atoms with van der Waals surface area (Å²) in [5, 5.41) is 3.42. The first-order chi connectivity index (χ1) is 9.50. The number of nitrogens with zero attached hydrogens (tertiary/aromatic N) is 1. The molecule has 0 saturated heterocycles. The Hall–Kier alpha value is -1.39. The summed E-state index contributed by atoms with van der Waals surface area (Å²) in [7, 11) is 2.17. The molecule has 0 unspecified atom stereocenters. The van der Waals surface area contributed by atoms with Crippen molar-refractivity contribution in [2.45, 2.75) is 39.3 Å². The number of primary amides is 1. The lowest BCUT2D eigenvalue weighted by Gasteiger charge is -2.20. The van der Waals surface area contributed by atoms with E-state index in [1.54, 1.807) is 12.1 Å². The summed E-state index contributed by atoms with van der Waals surface area (Å²) in [5.74, 6) is -0.376. The molecule has 0 aromatic heterocycles. The molecule has 3 N–H and O–H groups in total. The van der Waals surface area contributed by atoms with Gasteiger partial charge in [-0.05, 0) is 64.5 Å². The first-order valence-electron chi connectivity index (χ1n) is 7.30. The summed E-state index contributed by atoms with van der Waals surface area (Å²) in [4.78, 5) is 13.3. The fraction of sp³-hybridized carbons (Fsp3) is 0.562. The lowest BCUT2D eigenvalue weighted by Crippen LogP contribution is -2.27. The maximum absolute atomic E-state index is 10.9. The van der Waals surface area contributed by atoms with Crippen LogP contribution in [0.2, 0.25) is 0 Å². The number of carbonyl (C=O) groups excluding carboxylic acids is 1. The molecule has 1 aromatic rings. The van der Waals surface area contributed by atoms with Crippen LogP contribution in [0.1, 0.15) is 42.6 Å². The molecule has 0 atom stereocenters. The molecule has 0 spiro atoms. The Kier molecular flexibility index (Phi) is 7.26. The van der Waals surface area contributed by atoms with Crippen LogP contribution in [0.15, 0.2) is 24.3 Å². The summed E-state index contributed by atoms with van der Waals surface area (Å²) < 4.78 is 0. The number of nitrogens with two attached hydrogens (primary N) is 1. The van der Waals surface area contributed by atoms with E-state index in [0.717, 1.165) is 19.6 Å². The van der Waals surface area contributed by atoms with Crippen molar-refractivity contribution < 1.29 is 4.79 Å². The molecule has 0 heterocycles. The SMILES string of the molecule is CC(C)N(C)CCCCNCc1ccc(C(N)=O)cc1. The number of unbranched alkanes of at least 4 members (excludes halogenated alkanes) is 1. The van der Waals surface area contributed by atoms with Crippen LogP contribution in [0.25, 0.3) is 0 Å². The van der Waals surface area contributed by atoms with E-state index in [9.17, 15) is 4.79 Å². The fourth-order valence-corrected chi connectivity index (χ4v) is 1.89. The number of hydrogen-bond donors (Lipinski definition) is 2. The van der Waals surface area contributed by atoms with E-state index >= 15 is 0 Å². The van der Waals surface area contributed by atoms with Crippen LogP contribution in [0.4, 0.5) is 0 Å². The van der Waals surface area contributed by atoms with Crippen LogP contribution in [-0.2, 0) is 6.54 Å². The molecule has 0 bridgehead atoms. The molecular formula is C16H27N3O. The van der Waals surface area contributed by atoms with Gasteiger partial charge in [0, 0.05) is 18.2 Å². The van der Waals surface area contributed by atoms with Gasteiger partial charge in [-0.3, -0.25) is 4.79 Å². The first kappa shape index (κ1) is 16.7. The molecule has 0 aliphatic rings. The summed E-state index contributed by atoms with van der Waals surface area (Å²) in [6.07, 6.45) is 2.39. The minimum absolute atomic E-state index is 0.376. The Morgan fingerprint density at radius 3 is 2.45 bits per heavy atom. The largest absolute Gasteiger partial charge is 0.366 e. The highest BCUT2D eigenvalue weighted by Crippen LogP contribution is 2.03. The number of carbonyl (C=O) groups is 1. The molecule has 0 radical (unpaired) electrons. The smallest absolute Gasteiger partial charge is 0.248 e. The van der Waals surface area contributed by atoms with Crippen molar-refractivity contribution in [3.05, 3.63) is 35.4 Å². The molecule has 0 aliphatic heterocycles. The second kappa shape index (κ2) is 8.72. The molecule has 0 fully saturated rings. The van der Waals surface area contributed by atoms with Gasteiger partial charge in [-0.2, -0.15) is 0 Å². The van der Waals surface area contributed by atoms with E-state index in [1.165, 1.54) is 18.4 Å². The van der Waals surface area contributed by atoms with Crippen molar-refractivity contribution in [2.24, 2.45) is 5.73 Å². The van der Waals surface area contributed by atoms with E-state index in [1.807, 2.05) is 12.1 Å². The Bertz CT molecular complexity index is 401. The zero-order valence-electron chi connectivity index (χ0n) is 12.9. The third-order valence-corrected chi connectivity index (χ3v) is 3.56. The monoisotopic (exact) mass is 277 g/mol. The minimum atomic E-state index is -0.376. The highest BCUT2D eigenvalue weighted by Gasteiger charge is 2.02. The van der Waals surface area contributed by atoms with Crippen LogP contribution < -0.4 is 11.1 Å². The summed E-state index contributed by atoms with van der Waals surface area (Å²) >= 11 is 0. The van der Waals surface area contributed by atoms with Crippen molar-refractivity contribution in [1.29, 1.82) is 0 Å². The lowest BCUT2D eigenvalue weighted by atomic mass is 10.1. The van der Waals surface area contributed by atoms with Crippen molar-refractivity contribution in [1.82, 2.24) is 10.2 Å². The molecule has 1 amide bonds. The van der Waals surface area contributed by atoms with Crippen LogP contribution >= 0.6 is 0 Å². The van der Waals surface area contributed by atoms with Gasteiger partial charge < -0.3 is 16.0 Å². The Morgan fingerprint density at radius 2 is 1.90 bits per heavy atom. The van der Waals surface area contributed by atoms with Gasteiger partial charge in [0.25, 0.3) is 0 Å². The van der Waals surface area contributed by atoms with E-state index in [0.29, 0.717) is 11.6 Å². The van der Waals surface area contributed by atoms with Gasteiger partial charge in [-0.1, -0.05) is 12.1 Å². The Labute approximate surface area is 122 Å². The van der Waals surface area contributed by atoms with Crippen molar-refractivity contribution >= 4 is 5.91 Å². The van der Waals surface area contributed by atoms with E-state index in [4.69, 9.17) is 5.73 Å². The average molecular weight is 277 g/mol. The standard InChI is InChI=1S/C16H27N3O/c1-13(2)19(3)11-5-4-10-18-12-14-6-8-15(9-7-14)16(17)20/h6-9,13,18H,4-5,10-12H2,1-3H3,(H2,17,20). The molecule has 112 valence electrons. The lowest BCUT2D eigenvalue weighted by molar-refractivity contribution is 0.100. The first-order valence-corrected chi connectivity index (χ1v) is 7.30. The van der Waals surface area contributed by atoms with E-state index < -0.39 is 0 Å². The highest BCUT2D eigenvalue weighted by molar-refractivity contribution is 5.92. The Balaban J connectivity index is 2.14. The van der Waals surface area contributed by atoms with Gasteiger partial charge in [0.15, 0.2) is 0 Å². The zero-order valence-corrected chi connectivity index (χ0v) is 12.9. The van der Waals surface area contributed by atoms with Crippen molar-refractivity contribution in [3.8, 4) is 0 Å². The fourth-order valence-electron chi connectivity index (χ4n) is 1.89. The second-order valence-electron chi connectivity index (χ2n) is 5.52. The minimum Gasteiger partial charge on any atom is -0.366 e. The molecule has 20 heavy (non-hydrogen) atoms. The predicted molar refractivity (Wildman–Crippen MR) is 83.7 cm³/mol. The molecular weight excluding hydrogens is 250 g/mol. The van der Waals surface area contributed by atoms with Crippen LogP contribution in [0.3, 0.4) is 0 Å². The Morgan fingerprint density at radius 1 is 1.25 bits per heavy atom. The number of rotatable bonds is 9. The van der Waals surface area contributed by atoms with E-state index in [-0.39, 0.29) is 5.91 Å². The van der Waals surface area contributed by atoms with Crippen molar-refractivity contribution in [3.63, 3.8) is 0 Å². The molecule has 1 aromatic carbocycles. The van der Waals surface area contributed by atoms with Gasteiger partial charge in [-0.25, -0.2) is 0 Å². The molecule has 4 heteroatoms. The van der Waals surface area contributed by atoms with Gasteiger partial charge in [0.2, 0.25) is 5.91 Å². The molecule has 1 rings (SSSR count). The van der Waals surface area contributed by atoms with E-state index in [2.05, 4.69) is 31.1 Å². The molecule has 0 aliphatic carbocycles. The zero-order chi connectivity index (χ0) is 15.0. The quantitative estimate of drug-likeness (QED) is 0.679. The summed E-state index contributed by atoms with van der Waals surface area (Å²) in [6.45, 7) is 7.43. The van der Waals surface area contributed by atoms with Crippen LogP contribution in [0.5, 0.6) is 0 Å². The molecule has 4 nitrogen and oxygen atoms in total. The molecule has 0 saturated carbocycles. The predicted octanol–water partition coefficient (Wildman–Crippen LogP) is 2.00. The average Bonchev–Trinajstić information content (AvgIpc) is 2.42. The summed E-state index contributed by atoms with van der Waals surface area (Å²) in [6, 6.07) is 8.05. The second-order valence-corrected chi connectivity index (χ2v) is 5.52. The number of nitrogens with one attached hydrogen (secondary N) is 1. The van der Waals surface area contributed by atoms with Gasteiger partial charge in [0.1, 0.15) is 0 Å². The van der Waals surface area contributed by atoms with Gasteiger partial charge in [-0.15, -0.1) is 0 Å². The maximum Gasteiger partial charge on any atom is 0.248 e. The van der Waals surface area contributed by atoms with Crippen LogP contribution in [0, 0.1) is 0 Å². The van der Waals surface area contributed by atoms with Crippen molar-refractivity contribution in [2.75, 3.05) is 20.1 Å². The van der Waals surface area contributed by atoms with Gasteiger partial charge >= 0.3 is 0 Å². The normalized spacial score (nSPS) is 11.2. The van der Waals surface area contributed by atoms with Crippen LogP contribution in [-0.4, -0.2) is 37.0 Å².